The van der Waals surface area contributed by atoms with Gasteiger partial charge in [-0.25, -0.2) is 22.3 Å². The summed E-state index contributed by atoms with van der Waals surface area (Å²) in [6, 6.07) is 7.64. The number of carboxylic acid groups (broad SMARTS) is 1. The summed E-state index contributed by atoms with van der Waals surface area (Å²) in [5, 5.41) is 19.3. The van der Waals surface area contributed by atoms with E-state index in [1.165, 1.54) is 19.1 Å². The number of carboxylic acids is 1. The van der Waals surface area contributed by atoms with Crippen molar-refractivity contribution in [2.75, 3.05) is 6.61 Å². The number of carbonyl (C=O) groups is 1. The summed E-state index contributed by atoms with van der Waals surface area (Å²) in [6.07, 6.45) is -1.35. The van der Waals surface area contributed by atoms with Crippen LogP contribution >= 0.6 is 0 Å². The van der Waals surface area contributed by atoms with Crippen LogP contribution in [0.1, 0.15) is 23.5 Å². The van der Waals surface area contributed by atoms with E-state index in [4.69, 9.17) is 14.6 Å². The molecule has 1 fully saturated rings. The van der Waals surface area contributed by atoms with Gasteiger partial charge in [0.2, 0.25) is 10.0 Å². The van der Waals surface area contributed by atoms with Crippen LogP contribution in [0.25, 0.3) is 0 Å². The molecule has 1 aliphatic heterocycles. The summed E-state index contributed by atoms with van der Waals surface area (Å²) >= 11 is 0. The fourth-order valence-corrected chi connectivity index (χ4v) is 5.29. The van der Waals surface area contributed by atoms with Crippen molar-refractivity contribution in [1.29, 1.82) is 0 Å². The fraction of sp³-hybridized carbons (Fsp3) is 0.350. The van der Waals surface area contributed by atoms with Crippen LogP contribution in [0.5, 0.6) is 11.5 Å². The van der Waals surface area contributed by atoms with E-state index in [2.05, 4.69) is 4.72 Å². The Hall–Kier alpha value is -2.69. The average Bonchev–Trinajstić information content (AvgIpc) is 3.18. The number of fused-ring (bicyclic) bond motifs is 3. The standard InChI is InChI=1S/C20H20FNO7S/c1-10-5-6-11(7-13(10)21)30(26,27)22-19-14(23)8-16-18(19)12-3-2-4-15(20(12)29-16)28-9-17(24)25/h2-7,14,16,18-19,22-23H,8-9H2,1H3,(H,24,25). The highest BCUT2D eigenvalue weighted by Gasteiger charge is 2.51. The predicted octanol–water partition coefficient (Wildman–Crippen LogP) is 1.55. The van der Waals surface area contributed by atoms with Crippen LogP contribution in [0.15, 0.2) is 41.3 Å². The number of benzene rings is 2. The minimum Gasteiger partial charge on any atom is -0.485 e. The Morgan fingerprint density at radius 2 is 2.10 bits per heavy atom. The first kappa shape index (κ1) is 20.6. The van der Waals surface area contributed by atoms with Gasteiger partial charge in [0.1, 0.15) is 11.9 Å². The van der Waals surface area contributed by atoms with Crippen molar-refractivity contribution in [1.82, 2.24) is 4.72 Å². The fourth-order valence-electron chi connectivity index (χ4n) is 3.98. The molecule has 2 aromatic carbocycles. The summed E-state index contributed by atoms with van der Waals surface area (Å²) in [5.41, 5.74) is 0.934. The number of halogens is 1. The lowest BCUT2D eigenvalue weighted by molar-refractivity contribution is -0.139. The maximum atomic E-state index is 13.9. The number of aliphatic carboxylic acids is 1. The largest absolute Gasteiger partial charge is 0.485 e. The molecule has 0 spiro atoms. The van der Waals surface area contributed by atoms with Crippen molar-refractivity contribution in [2.45, 2.75) is 42.4 Å². The molecule has 3 N–H and O–H groups in total. The van der Waals surface area contributed by atoms with Gasteiger partial charge in [-0.15, -0.1) is 0 Å². The van der Waals surface area contributed by atoms with Crippen LogP contribution < -0.4 is 14.2 Å². The number of aryl methyl sites for hydroxylation is 1. The molecule has 0 saturated heterocycles. The van der Waals surface area contributed by atoms with Crippen LogP contribution in [0.3, 0.4) is 0 Å². The van der Waals surface area contributed by atoms with E-state index in [9.17, 15) is 22.7 Å². The number of hydrogen-bond donors (Lipinski definition) is 3. The number of aliphatic hydroxyl groups excluding tert-OH is 1. The monoisotopic (exact) mass is 437 g/mol. The minimum atomic E-state index is -4.10. The van der Waals surface area contributed by atoms with Gasteiger partial charge in [0.25, 0.3) is 0 Å². The van der Waals surface area contributed by atoms with Gasteiger partial charge in [0, 0.05) is 17.9 Å². The molecule has 0 aromatic heterocycles. The van der Waals surface area contributed by atoms with Crippen molar-refractivity contribution in [3.05, 3.63) is 53.3 Å². The zero-order chi connectivity index (χ0) is 21.6. The molecule has 0 bridgehead atoms. The van der Waals surface area contributed by atoms with Crippen LogP contribution in [0, 0.1) is 12.7 Å². The van der Waals surface area contributed by atoms with Gasteiger partial charge >= 0.3 is 5.97 Å². The molecular weight excluding hydrogens is 417 g/mol. The molecule has 1 aliphatic carbocycles. The van der Waals surface area contributed by atoms with Gasteiger partial charge in [-0.05, 0) is 30.7 Å². The molecule has 1 saturated carbocycles. The van der Waals surface area contributed by atoms with Gasteiger partial charge in [-0.3, -0.25) is 0 Å². The van der Waals surface area contributed by atoms with Crippen LogP contribution in [-0.2, 0) is 14.8 Å². The highest BCUT2D eigenvalue weighted by molar-refractivity contribution is 7.89. The highest BCUT2D eigenvalue weighted by atomic mass is 32.2. The number of sulfonamides is 1. The van der Waals surface area contributed by atoms with E-state index in [1.807, 2.05) is 0 Å². The third-order valence-corrected chi connectivity index (χ3v) is 6.87. The Bertz CT molecular complexity index is 1100. The van der Waals surface area contributed by atoms with Crippen molar-refractivity contribution < 1.29 is 37.3 Å². The Kier molecular flexibility index (Phi) is 5.16. The molecule has 2 aliphatic rings. The van der Waals surface area contributed by atoms with Crippen molar-refractivity contribution in [3.63, 3.8) is 0 Å². The number of para-hydroxylation sites is 1. The molecule has 1 heterocycles. The summed E-state index contributed by atoms with van der Waals surface area (Å²) in [4.78, 5) is 10.6. The summed E-state index contributed by atoms with van der Waals surface area (Å²) in [5.74, 6) is -1.71. The number of nitrogens with one attached hydrogen (secondary N) is 1. The van der Waals surface area contributed by atoms with E-state index >= 15 is 0 Å². The first-order chi connectivity index (χ1) is 14.2. The van der Waals surface area contributed by atoms with E-state index in [1.54, 1.807) is 18.2 Å². The Balaban J connectivity index is 1.63. The first-order valence-corrected chi connectivity index (χ1v) is 10.8. The van der Waals surface area contributed by atoms with E-state index < -0.39 is 52.6 Å². The molecule has 8 nitrogen and oxygen atoms in total. The van der Waals surface area contributed by atoms with Crippen molar-refractivity contribution >= 4 is 16.0 Å². The zero-order valence-corrected chi connectivity index (χ0v) is 16.7. The Morgan fingerprint density at radius 3 is 2.80 bits per heavy atom. The third-order valence-electron chi connectivity index (χ3n) is 5.41. The first-order valence-electron chi connectivity index (χ1n) is 9.28. The molecular formula is C20H20FNO7S. The Morgan fingerprint density at radius 1 is 1.33 bits per heavy atom. The summed E-state index contributed by atoms with van der Waals surface area (Å²) in [6.45, 7) is 0.980. The second-order valence-corrected chi connectivity index (χ2v) is 9.11. The van der Waals surface area contributed by atoms with Gasteiger partial charge in [0.15, 0.2) is 18.1 Å². The van der Waals surface area contributed by atoms with Crippen molar-refractivity contribution in [3.8, 4) is 11.5 Å². The van der Waals surface area contributed by atoms with Crippen molar-refractivity contribution in [2.24, 2.45) is 0 Å². The lowest BCUT2D eigenvalue weighted by atomic mass is 9.94. The van der Waals surface area contributed by atoms with Gasteiger partial charge in [-0.2, -0.15) is 0 Å². The third kappa shape index (κ3) is 3.62. The SMILES string of the molecule is Cc1ccc(S(=O)(=O)NC2C(O)CC3Oc4c(OCC(=O)O)cccc4C32)cc1F. The second-order valence-electron chi connectivity index (χ2n) is 7.40. The topological polar surface area (TPSA) is 122 Å². The van der Waals surface area contributed by atoms with Gasteiger partial charge in [-0.1, -0.05) is 18.2 Å². The smallest absolute Gasteiger partial charge is 0.341 e. The predicted molar refractivity (Wildman–Crippen MR) is 103 cm³/mol. The maximum absolute atomic E-state index is 13.9. The summed E-state index contributed by atoms with van der Waals surface area (Å²) in [7, 11) is -4.10. The number of rotatable bonds is 6. The number of ether oxygens (including phenoxy) is 2. The molecule has 2 aromatic rings. The second kappa shape index (κ2) is 7.53. The number of aliphatic hydroxyl groups is 1. The molecule has 4 unspecified atom stereocenters. The molecule has 0 radical (unpaired) electrons. The van der Waals surface area contributed by atoms with Crippen LogP contribution in [-0.4, -0.2) is 49.5 Å². The molecule has 10 heteroatoms. The average molecular weight is 437 g/mol. The zero-order valence-electron chi connectivity index (χ0n) is 15.9. The van der Waals surface area contributed by atoms with Crippen LogP contribution in [0.2, 0.25) is 0 Å². The normalized spacial score (nSPS) is 24.8. The highest BCUT2D eigenvalue weighted by Crippen LogP contribution is 2.51. The molecule has 0 amide bonds. The number of hydrogen-bond acceptors (Lipinski definition) is 6. The maximum Gasteiger partial charge on any atom is 0.341 e. The van der Waals surface area contributed by atoms with E-state index in [0.717, 1.165) is 6.07 Å². The quantitative estimate of drug-likeness (QED) is 0.627. The summed E-state index contributed by atoms with van der Waals surface area (Å²) < 4.78 is 53.1. The molecule has 4 atom stereocenters. The van der Waals surface area contributed by atoms with Crippen LogP contribution in [0.4, 0.5) is 4.39 Å². The molecule has 30 heavy (non-hydrogen) atoms. The lowest BCUT2D eigenvalue weighted by Gasteiger charge is -2.22. The molecule has 160 valence electrons. The van der Waals surface area contributed by atoms with E-state index in [-0.39, 0.29) is 17.1 Å². The minimum absolute atomic E-state index is 0.174. The van der Waals surface area contributed by atoms with Gasteiger partial charge in [0.05, 0.1) is 17.0 Å². The van der Waals surface area contributed by atoms with E-state index in [0.29, 0.717) is 16.9 Å². The Labute approximate surface area is 172 Å². The molecule has 4 rings (SSSR count). The lowest BCUT2D eigenvalue weighted by Crippen LogP contribution is -2.43. The van der Waals surface area contributed by atoms with Gasteiger partial charge < -0.3 is 19.7 Å².